The van der Waals surface area contributed by atoms with Crippen LogP contribution in [0.15, 0.2) is 48.5 Å². The quantitative estimate of drug-likeness (QED) is 0.634. The van der Waals surface area contributed by atoms with Crippen LogP contribution in [0, 0.1) is 11.7 Å². The summed E-state index contributed by atoms with van der Waals surface area (Å²) in [5.41, 5.74) is 1.62. The molecule has 0 spiro atoms. The predicted octanol–water partition coefficient (Wildman–Crippen LogP) is 3.98. The van der Waals surface area contributed by atoms with Crippen molar-refractivity contribution in [1.29, 1.82) is 0 Å². The van der Waals surface area contributed by atoms with Crippen molar-refractivity contribution in [3.8, 4) is 0 Å². The van der Waals surface area contributed by atoms with Crippen LogP contribution in [0.2, 0.25) is 0 Å². The number of para-hydroxylation sites is 2. The summed E-state index contributed by atoms with van der Waals surface area (Å²) in [6, 6.07) is 12.5. The fraction of sp³-hybridized carbons (Fsp3) is 0.318. The molecule has 0 unspecified atom stereocenters. The van der Waals surface area contributed by atoms with Gasteiger partial charge in [-0.3, -0.25) is 14.9 Å². The Bertz CT molecular complexity index is 1030. The minimum atomic E-state index is -0.836. The molecule has 2 amide bonds. The molecule has 29 heavy (non-hydrogen) atoms. The van der Waals surface area contributed by atoms with Gasteiger partial charge >= 0.3 is 0 Å². The summed E-state index contributed by atoms with van der Waals surface area (Å²) >= 11 is 0. The summed E-state index contributed by atoms with van der Waals surface area (Å²) in [6.07, 6.45) is 0.876. The lowest BCUT2D eigenvalue weighted by atomic mass is 10.0. The van der Waals surface area contributed by atoms with Gasteiger partial charge in [0.1, 0.15) is 11.9 Å². The molecule has 1 heterocycles. The third-order valence-electron chi connectivity index (χ3n) is 4.69. The van der Waals surface area contributed by atoms with Crippen LogP contribution >= 0.6 is 0 Å². The fourth-order valence-corrected chi connectivity index (χ4v) is 3.21. The molecule has 3 aromatic rings. The van der Waals surface area contributed by atoms with Gasteiger partial charge in [-0.05, 0) is 36.6 Å². The summed E-state index contributed by atoms with van der Waals surface area (Å²) in [5.74, 6) is -1.41. The first-order chi connectivity index (χ1) is 13.9. The molecular formula is C22H25FN4O2. The normalized spacial score (nSPS) is 12.2. The maximum absolute atomic E-state index is 13.9. The molecule has 1 aromatic heterocycles. The predicted molar refractivity (Wildman–Crippen MR) is 111 cm³/mol. The van der Waals surface area contributed by atoms with Crippen LogP contribution in [0.3, 0.4) is 0 Å². The van der Waals surface area contributed by atoms with E-state index >= 15 is 0 Å². The largest absolute Gasteiger partial charge is 0.340 e. The zero-order valence-electron chi connectivity index (χ0n) is 16.8. The van der Waals surface area contributed by atoms with Gasteiger partial charge in [-0.15, -0.1) is 0 Å². The number of nitrogens with zero attached hydrogens (tertiary/aromatic N) is 2. The molecule has 3 rings (SSSR count). The number of aromatic nitrogens is 2. The molecule has 152 valence electrons. The maximum Gasteiger partial charge on any atom is 0.254 e. The van der Waals surface area contributed by atoms with Crippen LogP contribution in [0.5, 0.6) is 0 Å². The Labute approximate surface area is 169 Å². The molecular weight excluding hydrogens is 371 g/mol. The summed E-state index contributed by atoms with van der Waals surface area (Å²) in [7, 11) is 0. The number of fused-ring (bicyclic) bond motifs is 1. The number of benzene rings is 2. The second-order valence-corrected chi connectivity index (χ2v) is 7.24. The number of carbonyl (C=O) groups excluding carboxylic acids is 2. The second-order valence-electron chi connectivity index (χ2n) is 7.24. The highest BCUT2D eigenvalue weighted by Crippen LogP contribution is 2.20. The molecule has 2 N–H and O–H groups in total. The molecule has 0 saturated carbocycles. The average molecular weight is 396 g/mol. The van der Waals surface area contributed by atoms with E-state index in [4.69, 9.17) is 0 Å². The molecule has 2 aromatic carbocycles. The Kier molecular flexibility index (Phi) is 6.26. The highest BCUT2D eigenvalue weighted by atomic mass is 19.1. The first-order valence-electron chi connectivity index (χ1n) is 9.74. The van der Waals surface area contributed by atoms with E-state index in [1.54, 1.807) is 6.07 Å². The van der Waals surface area contributed by atoms with Crippen molar-refractivity contribution in [1.82, 2.24) is 14.9 Å². The number of nitrogens with one attached hydrogen (secondary N) is 2. The van der Waals surface area contributed by atoms with Crippen molar-refractivity contribution in [2.45, 2.75) is 39.8 Å². The standard InChI is InChI=1S/C22H25FN4O2/c1-4-13-27-18-12-8-7-11-17(18)24-22(27)26-21(29)19(14(2)3)25-20(28)15-9-5-6-10-16(15)23/h5-12,14,19H,4,13H2,1-3H3,(H,25,28)(H,24,26,29)/t19-/m0/s1. The SMILES string of the molecule is CCCn1c(NC(=O)[C@@H](NC(=O)c2ccccc2F)C(C)C)nc2ccccc21. The molecule has 1 atom stereocenters. The lowest BCUT2D eigenvalue weighted by Crippen LogP contribution is -2.47. The zero-order chi connectivity index (χ0) is 21.0. The number of aryl methyl sites for hydroxylation is 1. The smallest absolute Gasteiger partial charge is 0.254 e. The van der Waals surface area contributed by atoms with Crippen molar-refractivity contribution < 1.29 is 14.0 Å². The molecule has 0 bridgehead atoms. The summed E-state index contributed by atoms with van der Waals surface area (Å²) in [4.78, 5) is 30.0. The summed E-state index contributed by atoms with van der Waals surface area (Å²) in [5, 5.41) is 5.49. The van der Waals surface area contributed by atoms with Crippen LogP contribution in [0.4, 0.5) is 10.3 Å². The third kappa shape index (κ3) is 4.45. The Morgan fingerprint density at radius 1 is 1.10 bits per heavy atom. The fourth-order valence-electron chi connectivity index (χ4n) is 3.21. The molecule has 6 nitrogen and oxygen atoms in total. The lowest BCUT2D eigenvalue weighted by molar-refractivity contribution is -0.119. The Morgan fingerprint density at radius 3 is 2.48 bits per heavy atom. The van der Waals surface area contributed by atoms with Gasteiger partial charge in [-0.25, -0.2) is 9.37 Å². The van der Waals surface area contributed by atoms with Crippen LogP contribution in [0.25, 0.3) is 11.0 Å². The molecule has 7 heteroatoms. The van der Waals surface area contributed by atoms with E-state index in [9.17, 15) is 14.0 Å². The number of halogens is 1. The number of carbonyl (C=O) groups is 2. The number of rotatable bonds is 7. The van der Waals surface area contributed by atoms with Crippen molar-refractivity contribution in [2.75, 3.05) is 5.32 Å². The zero-order valence-corrected chi connectivity index (χ0v) is 16.8. The van der Waals surface area contributed by atoms with Gasteiger partial charge in [0.2, 0.25) is 11.9 Å². The first-order valence-corrected chi connectivity index (χ1v) is 9.74. The van der Waals surface area contributed by atoms with Gasteiger partial charge < -0.3 is 9.88 Å². The number of imidazole rings is 1. The number of hydrogen-bond donors (Lipinski definition) is 2. The highest BCUT2D eigenvalue weighted by Gasteiger charge is 2.27. The van der Waals surface area contributed by atoms with Crippen molar-refractivity contribution in [2.24, 2.45) is 5.92 Å². The van der Waals surface area contributed by atoms with Gasteiger partial charge in [-0.2, -0.15) is 0 Å². The summed E-state index contributed by atoms with van der Waals surface area (Å²) < 4.78 is 15.9. The van der Waals surface area contributed by atoms with E-state index in [1.807, 2.05) is 49.6 Å². The maximum atomic E-state index is 13.9. The third-order valence-corrected chi connectivity index (χ3v) is 4.69. The molecule has 0 saturated heterocycles. The summed E-state index contributed by atoms with van der Waals surface area (Å²) in [6.45, 7) is 6.39. The molecule has 0 aliphatic carbocycles. The van der Waals surface area contributed by atoms with Gasteiger partial charge in [0.05, 0.1) is 16.6 Å². The molecule has 0 aliphatic rings. The number of hydrogen-bond acceptors (Lipinski definition) is 3. The van der Waals surface area contributed by atoms with E-state index < -0.39 is 23.7 Å². The number of amides is 2. The molecule has 0 aliphatic heterocycles. The van der Waals surface area contributed by atoms with Gasteiger partial charge in [0.25, 0.3) is 5.91 Å². The van der Waals surface area contributed by atoms with Gasteiger partial charge in [0.15, 0.2) is 0 Å². The Morgan fingerprint density at radius 2 is 1.79 bits per heavy atom. The van der Waals surface area contributed by atoms with Crippen LogP contribution in [0.1, 0.15) is 37.6 Å². The van der Waals surface area contributed by atoms with E-state index in [0.29, 0.717) is 12.5 Å². The van der Waals surface area contributed by atoms with E-state index in [-0.39, 0.29) is 11.5 Å². The lowest BCUT2D eigenvalue weighted by Gasteiger charge is -2.22. The molecule has 0 radical (unpaired) electrons. The van der Waals surface area contributed by atoms with Crippen molar-refractivity contribution in [3.63, 3.8) is 0 Å². The topological polar surface area (TPSA) is 76.0 Å². The van der Waals surface area contributed by atoms with Crippen molar-refractivity contribution >= 4 is 28.8 Å². The van der Waals surface area contributed by atoms with E-state index in [0.717, 1.165) is 17.5 Å². The van der Waals surface area contributed by atoms with Crippen LogP contribution < -0.4 is 10.6 Å². The molecule has 0 fully saturated rings. The van der Waals surface area contributed by atoms with Gasteiger partial charge in [-0.1, -0.05) is 45.0 Å². The van der Waals surface area contributed by atoms with Crippen molar-refractivity contribution in [3.05, 3.63) is 59.9 Å². The minimum absolute atomic E-state index is 0.0934. The number of anilines is 1. The van der Waals surface area contributed by atoms with E-state index in [1.165, 1.54) is 18.2 Å². The Balaban J connectivity index is 1.83. The second kappa shape index (κ2) is 8.86. The van der Waals surface area contributed by atoms with Crippen LogP contribution in [-0.2, 0) is 11.3 Å². The van der Waals surface area contributed by atoms with Crippen LogP contribution in [-0.4, -0.2) is 27.4 Å². The monoisotopic (exact) mass is 396 g/mol. The highest BCUT2D eigenvalue weighted by molar-refractivity contribution is 6.01. The van der Waals surface area contributed by atoms with E-state index in [2.05, 4.69) is 15.6 Å². The van der Waals surface area contributed by atoms with Gasteiger partial charge in [0, 0.05) is 6.54 Å². The first kappa shape index (κ1) is 20.5. The minimum Gasteiger partial charge on any atom is -0.340 e. The average Bonchev–Trinajstić information content (AvgIpc) is 3.03. The Hall–Kier alpha value is -3.22.